The molecule has 1 N–H and O–H groups in total. The second-order valence-electron chi connectivity index (χ2n) is 4.00. The van der Waals surface area contributed by atoms with Crippen molar-refractivity contribution < 1.29 is 14.6 Å². The first kappa shape index (κ1) is 16.4. The average Bonchev–Trinajstić information content (AvgIpc) is 2.80. The van der Waals surface area contributed by atoms with E-state index >= 15 is 0 Å². The van der Waals surface area contributed by atoms with Crippen molar-refractivity contribution in [2.24, 2.45) is 0 Å². The predicted octanol–water partition coefficient (Wildman–Crippen LogP) is 5.49. The van der Waals surface area contributed by atoms with Gasteiger partial charge < -0.3 is 9.84 Å². The largest absolute Gasteiger partial charge is 0.486 e. The summed E-state index contributed by atoms with van der Waals surface area (Å²) in [5, 5.41) is 11.4. The number of rotatable bonds is 5. The average molecular weight is 408 g/mol. The Bertz CT molecular complexity index is 698. The maximum absolute atomic E-state index is 10.6. The number of ether oxygens (including phenoxy) is 1. The van der Waals surface area contributed by atoms with Gasteiger partial charge in [0.15, 0.2) is 0 Å². The summed E-state index contributed by atoms with van der Waals surface area (Å²) in [6.45, 7) is 0.339. The Morgan fingerprint density at radius 1 is 1.38 bits per heavy atom. The Kier molecular flexibility index (Phi) is 5.70. The maximum atomic E-state index is 10.6. The number of hydrogen-bond donors (Lipinski definition) is 1. The zero-order chi connectivity index (χ0) is 15.4. The van der Waals surface area contributed by atoms with Crippen LogP contribution in [0, 0.1) is 0 Å². The van der Waals surface area contributed by atoms with Gasteiger partial charge in [-0.05, 0) is 40.2 Å². The molecule has 0 spiro atoms. The molecule has 1 heterocycles. The fourth-order valence-corrected chi connectivity index (χ4v) is 3.52. The number of aliphatic carboxylic acids is 1. The van der Waals surface area contributed by atoms with Gasteiger partial charge in [-0.15, -0.1) is 11.3 Å². The number of carboxylic acids is 1. The van der Waals surface area contributed by atoms with Crippen LogP contribution in [0.1, 0.15) is 10.4 Å². The number of benzene rings is 1. The second-order valence-corrected chi connectivity index (χ2v) is 6.75. The van der Waals surface area contributed by atoms with Crippen LogP contribution in [0.2, 0.25) is 10.0 Å². The highest BCUT2D eigenvalue weighted by Gasteiger charge is 2.10. The lowest BCUT2D eigenvalue weighted by molar-refractivity contribution is -0.131. The lowest BCUT2D eigenvalue weighted by Gasteiger charge is -2.11. The molecule has 0 bridgehead atoms. The quantitative estimate of drug-likeness (QED) is 0.666. The van der Waals surface area contributed by atoms with Gasteiger partial charge in [-0.2, -0.15) is 0 Å². The molecule has 3 nitrogen and oxygen atoms in total. The van der Waals surface area contributed by atoms with Gasteiger partial charge in [0.05, 0.1) is 5.02 Å². The maximum Gasteiger partial charge on any atom is 0.328 e. The number of carboxylic acid groups (broad SMARTS) is 1. The SMILES string of the molecule is O=C(O)C=Cc1cc(Cl)cc(Cl)c1OCc1cc(Br)cs1. The zero-order valence-corrected chi connectivity index (χ0v) is 14.4. The van der Waals surface area contributed by atoms with Crippen LogP contribution in [-0.4, -0.2) is 11.1 Å². The van der Waals surface area contributed by atoms with Crippen molar-refractivity contribution in [1.29, 1.82) is 0 Å². The molecule has 2 aromatic rings. The van der Waals surface area contributed by atoms with Crippen molar-refractivity contribution in [1.82, 2.24) is 0 Å². The van der Waals surface area contributed by atoms with E-state index in [2.05, 4.69) is 15.9 Å². The number of hydrogen-bond acceptors (Lipinski definition) is 3. The summed E-state index contributed by atoms with van der Waals surface area (Å²) < 4.78 is 6.69. The third-order valence-electron chi connectivity index (χ3n) is 2.42. The number of halogens is 3. The van der Waals surface area contributed by atoms with Crippen LogP contribution in [0.15, 0.2) is 34.1 Å². The molecule has 0 aliphatic heterocycles. The minimum Gasteiger partial charge on any atom is -0.486 e. The molecule has 1 aromatic heterocycles. The summed E-state index contributed by atoms with van der Waals surface area (Å²) in [6.07, 6.45) is 2.41. The first-order valence-electron chi connectivity index (χ1n) is 5.71. The second kappa shape index (κ2) is 7.31. The molecule has 110 valence electrons. The molecule has 0 saturated heterocycles. The highest BCUT2D eigenvalue weighted by molar-refractivity contribution is 9.10. The van der Waals surface area contributed by atoms with Gasteiger partial charge in [-0.1, -0.05) is 23.2 Å². The summed E-state index contributed by atoms with van der Waals surface area (Å²) in [7, 11) is 0. The summed E-state index contributed by atoms with van der Waals surface area (Å²) in [4.78, 5) is 11.7. The van der Waals surface area contributed by atoms with Crippen molar-refractivity contribution in [2.75, 3.05) is 0 Å². The Morgan fingerprint density at radius 3 is 2.76 bits per heavy atom. The van der Waals surface area contributed by atoms with Crippen LogP contribution in [0.4, 0.5) is 0 Å². The van der Waals surface area contributed by atoms with Crippen LogP contribution in [0.3, 0.4) is 0 Å². The van der Waals surface area contributed by atoms with Crippen LogP contribution in [-0.2, 0) is 11.4 Å². The minimum absolute atomic E-state index is 0.336. The van der Waals surface area contributed by atoms with Gasteiger partial charge in [0.25, 0.3) is 0 Å². The predicted molar refractivity (Wildman–Crippen MR) is 89.5 cm³/mol. The summed E-state index contributed by atoms with van der Waals surface area (Å²) in [5.74, 6) is -0.651. The van der Waals surface area contributed by atoms with Gasteiger partial charge in [-0.25, -0.2) is 4.79 Å². The van der Waals surface area contributed by atoms with Crippen LogP contribution in [0.25, 0.3) is 6.08 Å². The normalized spacial score (nSPS) is 11.0. The Labute approximate surface area is 143 Å². The first-order chi connectivity index (χ1) is 9.95. The van der Waals surface area contributed by atoms with Gasteiger partial charge in [0, 0.05) is 31.4 Å². The van der Waals surface area contributed by atoms with E-state index in [0.29, 0.717) is 28.0 Å². The highest BCUT2D eigenvalue weighted by Crippen LogP contribution is 2.34. The van der Waals surface area contributed by atoms with Crippen molar-refractivity contribution in [3.8, 4) is 5.75 Å². The van der Waals surface area contributed by atoms with Crippen molar-refractivity contribution in [3.63, 3.8) is 0 Å². The lowest BCUT2D eigenvalue weighted by Crippen LogP contribution is -1.96. The van der Waals surface area contributed by atoms with Crippen molar-refractivity contribution in [2.45, 2.75) is 6.61 Å². The Balaban J connectivity index is 2.26. The molecule has 0 amide bonds. The van der Waals surface area contributed by atoms with E-state index in [0.717, 1.165) is 15.4 Å². The molecule has 0 aliphatic rings. The molecule has 0 aliphatic carbocycles. The molecule has 0 fully saturated rings. The van der Waals surface area contributed by atoms with Crippen molar-refractivity contribution >= 4 is 62.5 Å². The van der Waals surface area contributed by atoms with E-state index in [9.17, 15) is 4.79 Å². The van der Waals surface area contributed by atoms with E-state index in [1.807, 2.05) is 11.4 Å². The minimum atomic E-state index is -1.06. The lowest BCUT2D eigenvalue weighted by atomic mass is 10.2. The third kappa shape index (κ3) is 4.74. The molecule has 0 saturated carbocycles. The molecule has 1 aromatic carbocycles. The topological polar surface area (TPSA) is 46.5 Å². The first-order valence-corrected chi connectivity index (χ1v) is 8.14. The summed E-state index contributed by atoms with van der Waals surface area (Å²) >= 11 is 17.0. The molecule has 0 unspecified atom stereocenters. The Hall–Kier alpha value is -1.01. The van der Waals surface area contributed by atoms with Gasteiger partial charge in [-0.3, -0.25) is 0 Å². The molecular weight excluding hydrogens is 399 g/mol. The van der Waals surface area contributed by atoms with Crippen LogP contribution >= 0.6 is 50.5 Å². The number of carbonyl (C=O) groups is 1. The molecular formula is C14H9BrCl2O3S. The summed E-state index contributed by atoms with van der Waals surface area (Å²) in [5.41, 5.74) is 0.519. The van der Waals surface area contributed by atoms with E-state index in [4.69, 9.17) is 33.0 Å². The molecule has 2 rings (SSSR count). The van der Waals surface area contributed by atoms with Gasteiger partial charge in [0.1, 0.15) is 12.4 Å². The summed E-state index contributed by atoms with van der Waals surface area (Å²) in [6, 6.07) is 5.11. The fourth-order valence-electron chi connectivity index (χ4n) is 1.59. The van der Waals surface area contributed by atoms with Crippen LogP contribution < -0.4 is 4.74 Å². The smallest absolute Gasteiger partial charge is 0.328 e. The van der Waals surface area contributed by atoms with Crippen molar-refractivity contribution in [3.05, 3.63) is 54.6 Å². The van der Waals surface area contributed by atoms with Crippen LogP contribution in [0.5, 0.6) is 5.75 Å². The monoisotopic (exact) mass is 406 g/mol. The standard InChI is InChI=1S/C14H9BrCl2O3S/c15-9-4-11(21-7-9)6-20-14-8(1-2-13(18)19)3-10(16)5-12(14)17/h1-5,7H,6H2,(H,18,19). The van der Waals surface area contributed by atoms with Gasteiger partial charge in [0.2, 0.25) is 0 Å². The molecule has 0 radical (unpaired) electrons. The molecule has 21 heavy (non-hydrogen) atoms. The van der Waals surface area contributed by atoms with E-state index in [-0.39, 0.29) is 0 Å². The third-order valence-corrected chi connectivity index (χ3v) is 4.59. The van der Waals surface area contributed by atoms with Gasteiger partial charge >= 0.3 is 5.97 Å². The van der Waals surface area contributed by atoms with E-state index in [1.165, 1.54) is 6.08 Å². The molecule has 7 heteroatoms. The Morgan fingerprint density at radius 2 is 2.14 bits per heavy atom. The fraction of sp³-hybridized carbons (Fsp3) is 0.0714. The zero-order valence-electron chi connectivity index (χ0n) is 10.5. The van der Waals surface area contributed by atoms with E-state index in [1.54, 1.807) is 23.5 Å². The van der Waals surface area contributed by atoms with E-state index < -0.39 is 5.97 Å². The number of thiophene rings is 1. The highest BCUT2D eigenvalue weighted by atomic mass is 79.9. The molecule has 0 atom stereocenters.